The first-order chi connectivity index (χ1) is 26.1. The summed E-state index contributed by atoms with van der Waals surface area (Å²) in [6.45, 7) is 4.92. The lowest BCUT2D eigenvalue weighted by molar-refractivity contribution is -0.139. The van der Waals surface area contributed by atoms with E-state index in [1.807, 2.05) is 24.3 Å². The lowest BCUT2D eigenvalue weighted by atomic mass is 9.89. The summed E-state index contributed by atoms with van der Waals surface area (Å²) in [4.78, 5) is 56.4. The third kappa shape index (κ3) is 13.9. The maximum atomic E-state index is 14.3. The van der Waals surface area contributed by atoms with Crippen molar-refractivity contribution in [1.82, 2.24) is 10.2 Å². The molecule has 0 unspecified atom stereocenters. The number of Topliss-reactive ketones (excluding diaryl/α,β-unsaturated/α-hetero) is 2. The Morgan fingerprint density at radius 3 is 2.00 bits per heavy atom. The van der Waals surface area contributed by atoms with E-state index in [-0.39, 0.29) is 69.5 Å². The number of nitriles is 1. The van der Waals surface area contributed by atoms with Crippen LogP contribution in [0.2, 0.25) is 0 Å². The minimum Gasteiger partial charge on any atom is -0.492 e. The van der Waals surface area contributed by atoms with Crippen LogP contribution in [0.3, 0.4) is 0 Å². The molecule has 3 atom stereocenters. The average molecular weight is 746 g/mol. The standard InChI is InChI=1S/C43H63N5O6/c1-4-5-6-7-8-9-10-11-12-13-14-17-41(51)48(3)42-33-19-21-40(54-26-24-46)35(30-33)34-28-32(18-20-39(34)53-25-23-45)29-36(37(49)16-15-22-44)47-43(52)31(2)27-38(42)50/h18-21,28,30-31,36,42H,4-17,23-27,29,45-46H2,1-3H3,(H,47,52)/t31-,36+,42+/m1/s1. The number of carbonyl (C=O) groups excluding carboxylic acids is 4. The van der Waals surface area contributed by atoms with Gasteiger partial charge < -0.3 is 31.2 Å². The molecule has 1 aliphatic heterocycles. The number of ether oxygens (including phenoxy) is 2. The Balaban J connectivity index is 1.97. The van der Waals surface area contributed by atoms with Gasteiger partial charge in [0, 0.05) is 62.9 Å². The van der Waals surface area contributed by atoms with E-state index in [9.17, 15) is 19.2 Å². The average Bonchev–Trinajstić information content (AvgIpc) is 3.17. The second kappa shape index (κ2) is 24.2. The molecule has 0 aromatic heterocycles. The maximum Gasteiger partial charge on any atom is 0.223 e. The van der Waals surface area contributed by atoms with Crippen molar-refractivity contribution < 1.29 is 28.7 Å². The van der Waals surface area contributed by atoms with Crippen molar-refractivity contribution in [2.24, 2.45) is 17.4 Å². The van der Waals surface area contributed by atoms with Crippen molar-refractivity contribution in [2.45, 2.75) is 129 Å². The Labute approximate surface area is 322 Å². The monoisotopic (exact) mass is 745 g/mol. The molecule has 0 radical (unpaired) electrons. The third-order valence-electron chi connectivity index (χ3n) is 10.1. The molecule has 1 heterocycles. The number of nitrogens with two attached hydrogens (primary N) is 2. The number of hydrogen-bond acceptors (Lipinski definition) is 9. The molecule has 2 amide bonds. The minimum absolute atomic E-state index is 0.0201. The predicted octanol–water partition coefficient (Wildman–Crippen LogP) is 6.74. The van der Waals surface area contributed by atoms with Gasteiger partial charge in [0.2, 0.25) is 11.8 Å². The van der Waals surface area contributed by atoms with Crippen LogP contribution in [-0.2, 0) is 25.6 Å². The van der Waals surface area contributed by atoms with Crippen molar-refractivity contribution in [1.29, 1.82) is 5.26 Å². The van der Waals surface area contributed by atoms with E-state index >= 15 is 0 Å². The first-order valence-corrected chi connectivity index (χ1v) is 20.1. The van der Waals surface area contributed by atoms with Crippen LogP contribution in [0, 0.1) is 17.2 Å². The molecule has 1 aliphatic rings. The van der Waals surface area contributed by atoms with Crippen molar-refractivity contribution in [2.75, 3.05) is 33.4 Å². The highest BCUT2D eigenvalue weighted by atomic mass is 16.5. The fourth-order valence-corrected chi connectivity index (χ4v) is 6.97. The Morgan fingerprint density at radius 2 is 1.41 bits per heavy atom. The number of likely N-dealkylation sites (N-methyl/N-ethyl adjacent to an activating group) is 1. The molecule has 0 spiro atoms. The van der Waals surface area contributed by atoms with E-state index in [1.54, 1.807) is 32.2 Å². The van der Waals surface area contributed by atoms with Gasteiger partial charge in [-0.3, -0.25) is 19.2 Å². The van der Waals surface area contributed by atoms with Crippen LogP contribution in [0.1, 0.15) is 127 Å². The van der Waals surface area contributed by atoms with Gasteiger partial charge in [-0.1, -0.05) is 90.2 Å². The topological polar surface area (TPSA) is 178 Å². The van der Waals surface area contributed by atoms with E-state index in [0.717, 1.165) is 31.2 Å². The Morgan fingerprint density at radius 1 is 0.833 bits per heavy atom. The lowest BCUT2D eigenvalue weighted by Gasteiger charge is -2.30. The van der Waals surface area contributed by atoms with Gasteiger partial charge in [0.05, 0.1) is 12.1 Å². The molecule has 11 heteroatoms. The summed E-state index contributed by atoms with van der Waals surface area (Å²) in [5.41, 5.74) is 14.2. The van der Waals surface area contributed by atoms with Crippen LogP contribution >= 0.6 is 0 Å². The molecular weight excluding hydrogens is 683 g/mol. The second-order valence-corrected chi connectivity index (χ2v) is 14.5. The highest BCUT2D eigenvalue weighted by molar-refractivity contribution is 5.95. The van der Waals surface area contributed by atoms with E-state index in [1.165, 1.54) is 49.8 Å². The zero-order chi connectivity index (χ0) is 39.3. The van der Waals surface area contributed by atoms with Crippen LogP contribution in [0.5, 0.6) is 11.5 Å². The Hall–Kier alpha value is -4.27. The Bertz CT molecular complexity index is 1560. The van der Waals surface area contributed by atoms with Crippen LogP contribution in [-0.4, -0.2) is 67.7 Å². The SMILES string of the molecule is CCCCCCCCCCCCCC(=O)N(C)[C@@H]1C(=O)C[C@@H](C)C(=O)N[C@H](C(=O)CCC#N)Cc2ccc(OCCN)c(c2)-c2cc1ccc2OCCN. The van der Waals surface area contributed by atoms with Crippen LogP contribution in [0.25, 0.3) is 11.1 Å². The first kappa shape index (κ1) is 44.1. The van der Waals surface area contributed by atoms with Gasteiger partial charge in [-0.2, -0.15) is 5.26 Å². The molecule has 54 heavy (non-hydrogen) atoms. The van der Waals surface area contributed by atoms with E-state index in [4.69, 9.17) is 26.2 Å². The van der Waals surface area contributed by atoms with Gasteiger partial charge in [0.15, 0.2) is 11.6 Å². The van der Waals surface area contributed by atoms with Crippen molar-refractivity contribution >= 4 is 23.4 Å². The molecule has 0 saturated heterocycles. The summed E-state index contributed by atoms with van der Waals surface area (Å²) in [5, 5.41) is 12.0. The molecular formula is C43H63N5O6. The molecule has 2 aromatic carbocycles. The lowest BCUT2D eigenvalue weighted by Crippen LogP contribution is -2.45. The molecule has 4 bridgehead atoms. The fourth-order valence-electron chi connectivity index (χ4n) is 6.97. The van der Waals surface area contributed by atoms with Crippen molar-refractivity contribution in [3.8, 4) is 28.7 Å². The van der Waals surface area contributed by atoms with Crippen LogP contribution < -0.4 is 26.3 Å². The van der Waals surface area contributed by atoms with E-state index in [2.05, 4.69) is 12.2 Å². The summed E-state index contributed by atoms with van der Waals surface area (Å²) >= 11 is 0. The molecule has 3 rings (SSSR count). The number of carbonyl (C=O) groups is 4. The van der Waals surface area contributed by atoms with Gasteiger partial charge in [0.25, 0.3) is 0 Å². The molecule has 296 valence electrons. The van der Waals surface area contributed by atoms with Crippen molar-refractivity contribution in [3.05, 3.63) is 47.5 Å². The van der Waals surface area contributed by atoms with Crippen molar-refractivity contribution in [3.63, 3.8) is 0 Å². The summed E-state index contributed by atoms with van der Waals surface area (Å²) in [6, 6.07) is 11.0. The quantitative estimate of drug-likeness (QED) is 0.110. The molecule has 0 aliphatic carbocycles. The molecule has 0 fully saturated rings. The molecule has 5 N–H and O–H groups in total. The highest BCUT2D eigenvalue weighted by Gasteiger charge is 2.33. The fraction of sp³-hybridized carbons (Fsp3) is 0.605. The number of nitrogens with one attached hydrogen (secondary N) is 1. The number of fused-ring (bicyclic) bond motifs is 5. The third-order valence-corrected chi connectivity index (χ3v) is 10.1. The number of unbranched alkanes of at least 4 members (excludes halogenated alkanes) is 10. The van der Waals surface area contributed by atoms with Crippen LogP contribution in [0.15, 0.2) is 36.4 Å². The first-order valence-electron chi connectivity index (χ1n) is 20.1. The van der Waals surface area contributed by atoms with Gasteiger partial charge in [-0.25, -0.2) is 0 Å². The zero-order valence-electron chi connectivity index (χ0n) is 32.8. The summed E-state index contributed by atoms with van der Waals surface area (Å²) in [7, 11) is 1.65. The second-order valence-electron chi connectivity index (χ2n) is 14.5. The number of rotatable bonds is 22. The molecule has 0 saturated carbocycles. The number of nitrogens with zero attached hydrogens (tertiary/aromatic N) is 2. The van der Waals surface area contributed by atoms with E-state index < -0.39 is 23.9 Å². The van der Waals surface area contributed by atoms with Gasteiger partial charge in [-0.05, 0) is 48.2 Å². The van der Waals surface area contributed by atoms with Crippen LogP contribution in [0.4, 0.5) is 0 Å². The number of hydrogen-bond donors (Lipinski definition) is 3. The normalized spacial score (nSPS) is 17.2. The van der Waals surface area contributed by atoms with E-state index in [0.29, 0.717) is 34.6 Å². The summed E-state index contributed by atoms with van der Waals surface area (Å²) in [5.74, 6) is -0.927. The summed E-state index contributed by atoms with van der Waals surface area (Å²) in [6.07, 6.45) is 13.2. The Kier molecular flexibility index (Phi) is 19.8. The van der Waals surface area contributed by atoms with Gasteiger partial charge in [0.1, 0.15) is 30.8 Å². The smallest absolute Gasteiger partial charge is 0.223 e. The maximum absolute atomic E-state index is 14.3. The minimum atomic E-state index is -0.977. The number of amides is 2. The number of benzene rings is 2. The largest absolute Gasteiger partial charge is 0.492 e. The predicted molar refractivity (Wildman–Crippen MR) is 212 cm³/mol. The van der Waals surface area contributed by atoms with Gasteiger partial charge in [-0.15, -0.1) is 0 Å². The highest BCUT2D eigenvalue weighted by Crippen LogP contribution is 2.40. The summed E-state index contributed by atoms with van der Waals surface area (Å²) < 4.78 is 12.2. The number of ketones is 2. The molecule has 2 aromatic rings. The van der Waals surface area contributed by atoms with Gasteiger partial charge >= 0.3 is 0 Å². The molecule has 11 nitrogen and oxygen atoms in total. The zero-order valence-corrected chi connectivity index (χ0v) is 32.8.